The van der Waals surface area contributed by atoms with Gasteiger partial charge in [0.1, 0.15) is 0 Å². The Hall–Kier alpha value is -2.61. The number of rotatable bonds is 4. The fourth-order valence-electron chi connectivity index (χ4n) is 2.29. The average molecular weight is 306 g/mol. The van der Waals surface area contributed by atoms with Crippen LogP contribution in [0.15, 0.2) is 33.4 Å². The maximum absolute atomic E-state index is 12.4. The van der Waals surface area contributed by atoms with Crippen LogP contribution < -0.4 is 0 Å². The quantitative estimate of drug-likeness (QED) is 0.906. The van der Waals surface area contributed by atoms with Crippen molar-refractivity contribution in [1.29, 1.82) is 0 Å². The first-order valence-corrected chi connectivity index (χ1v) is 6.77. The van der Waals surface area contributed by atoms with Crippen LogP contribution in [-0.2, 0) is 9.53 Å². The van der Waals surface area contributed by atoms with Crippen molar-refractivity contribution in [1.82, 2.24) is 10.1 Å². The van der Waals surface area contributed by atoms with Crippen molar-refractivity contribution < 1.29 is 28.4 Å². The van der Waals surface area contributed by atoms with Gasteiger partial charge in [0, 0.05) is 19.2 Å². The minimum atomic E-state index is -0.958. The number of ether oxygens (including phenoxy) is 1. The third-order valence-corrected chi connectivity index (χ3v) is 3.32. The molecule has 1 amide bonds. The highest BCUT2D eigenvalue weighted by Gasteiger charge is 2.28. The number of furan rings is 1. The molecular formula is C14H14N2O6. The Morgan fingerprint density at radius 3 is 3.00 bits per heavy atom. The summed E-state index contributed by atoms with van der Waals surface area (Å²) < 4.78 is 15.6. The van der Waals surface area contributed by atoms with Crippen LogP contribution in [-0.4, -0.2) is 52.8 Å². The molecular weight excluding hydrogens is 292 g/mol. The number of aromatic nitrogens is 1. The Morgan fingerprint density at radius 2 is 2.27 bits per heavy atom. The van der Waals surface area contributed by atoms with Crippen molar-refractivity contribution in [3.05, 3.63) is 30.2 Å². The lowest BCUT2D eigenvalue weighted by Crippen LogP contribution is -2.46. The summed E-state index contributed by atoms with van der Waals surface area (Å²) in [6.07, 6.45) is 0.851. The van der Waals surface area contributed by atoms with Crippen LogP contribution in [0.5, 0.6) is 0 Å². The fraction of sp³-hybridized carbons (Fsp3) is 0.357. The van der Waals surface area contributed by atoms with E-state index in [0.29, 0.717) is 24.7 Å². The molecule has 2 aromatic rings. The number of amides is 1. The molecule has 1 unspecified atom stereocenters. The molecule has 116 valence electrons. The molecule has 1 aliphatic heterocycles. The highest BCUT2D eigenvalue weighted by molar-refractivity contribution is 5.93. The van der Waals surface area contributed by atoms with Crippen molar-refractivity contribution >= 4 is 11.9 Å². The molecule has 0 aliphatic carbocycles. The first-order chi connectivity index (χ1) is 10.6. The van der Waals surface area contributed by atoms with Gasteiger partial charge < -0.3 is 23.7 Å². The van der Waals surface area contributed by atoms with Crippen LogP contribution >= 0.6 is 0 Å². The van der Waals surface area contributed by atoms with E-state index in [9.17, 15) is 9.59 Å². The summed E-state index contributed by atoms with van der Waals surface area (Å²) >= 11 is 0. The van der Waals surface area contributed by atoms with Crippen molar-refractivity contribution in [3.63, 3.8) is 0 Å². The molecule has 0 aromatic carbocycles. The number of hydrogen-bond acceptors (Lipinski definition) is 6. The number of carboxylic acid groups (broad SMARTS) is 1. The predicted octanol–water partition coefficient (Wildman–Crippen LogP) is 1.25. The molecule has 3 rings (SSSR count). The summed E-state index contributed by atoms with van der Waals surface area (Å²) in [6.45, 7) is 0.901. The van der Waals surface area contributed by atoms with Gasteiger partial charge >= 0.3 is 5.97 Å². The standard InChI is InChI=1S/C14H14N2O6/c17-13(18)6-9-8-16(3-5-20-9)14(19)10-7-12(22-15-10)11-2-1-4-21-11/h1-2,4,7,9H,3,5-6,8H2,(H,17,18). The lowest BCUT2D eigenvalue weighted by atomic mass is 10.2. The SMILES string of the molecule is O=C(O)CC1CN(C(=O)c2cc(-c3ccco3)on2)CCO1. The van der Waals surface area contributed by atoms with Crippen molar-refractivity contribution in [2.24, 2.45) is 0 Å². The van der Waals surface area contributed by atoms with Gasteiger partial charge in [0.15, 0.2) is 11.5 Å². The smallest absolute Gasteiger partial charge is 0.306 e. The van der Waals surface area contributed by atoms with Crippen LogP contribution in [0.1, 0.15) is 16.9 Å². The Labute approximate surface area is 125 Å². The van der Waals surface area contributed by atoms with Crippen LogP contribution in [0.3, 0.4) is 0 Å². The molecule has 0 bridgehead atoms. The second-order valence-corrected chi connectivity index (χ2v) is 4.90. The summed E-state index contributed by atoms with van der Waals surface area (Å²) in [5.74, 6) is -0.429. The summed E-state index contributed by atoms with van der Waals surface area (Å²) in [6, 6.07) is 4.91. The van der Waals surface area contributed by atoms with Gasteiger partial charge in [-0.3, -0.25) is 9.59 Å². The largest absolute Gasteiger partial charge is 0.481 e. The van der Waals surface area contributed by atoms with Gasteiger partial charge in [-0.15, -0.1) is 0 Å². The van der Waals surface area contributed by atoms with Crippen molar-refractivity contribution in [3.8, 4) is 11.5 Å². The zero-order chi connectivity index (χ0) is 15.5. The lowest BCUT2D eigenvalue weighted by Gasteiger charge is -2.31. The molecule has 1 saturated heterocycles. The molecule has 8 heteroatoms. The van der Waals surface area contributed by atoms with Crippen molar-refractivity contribution in [2.45, 2.75) is 12.5 Å². The average Bonchev–Trinajstić information content (AvgIpc) is 3.17. The van der Waals surface area contributed by atoms with E-state index in [2.05, 4.69) is 5.16 Å². The summed E-state index contributed by atoms with van der Waals surface area (Å²) in [5.41, 5.74) is 0.155. The molecule has 0 radical (unpaired) electrons. The topological polar surface area (TPSA) is 106 Å². The van der Waals surface area contributed by atoms with E-state index in [-0.39, 0.29) is 24.6 Å². The molecule has 3 heterocycles. The van der Waals surface area contributed by atoms with E-state index in [1.165, 1.54) is 17.2 Å². The van der Waals surface area contributed by atoms with Crippen molar-refractivity contribution in [2.75, 3.05) is 19.7 Å². The van der Waals surface area contributed by atoms with E-state index < -0.39 is 12.1 Å². The fourth-order valence-corrected chi connectivity index (χ4v) is 2.29. The molecule has 1 fully saturated rings. The van der Waals surface area contributed by atoms with Gasteiger partial charge in [-0.25, -0.2) is 0 Å². The van der Waals surface area contributed by atoms with E-state index in [1.807, 2.05) is 0 Å². The molecule has 1 atom stereocenters. The Morgan fingerprint density at radius 1 is 1.41 bits per heavy atom. The molecule has 1 aliphatic rings. The number of carbonyl (C=O) groups is 2. The van der Waals surface area contributed by atoms with Gasteiger partial charge in [0.25, 0.3) is 5.91 Å². The van der Waals surface area contributed by atoms with Crippen LogP contribution in [0, 0.1) is 0 Å². The highest BCUT2D eigenvalue weighted by atomic mass is 16.5. The number of carboxylic acids is 1. The summed E-state index contributed by atoms with van der Waals surface area (Å²) in [7, 11) is 0. The maximum atomic E-state index is 12.4. The molecule has 0 spiro atoms. The summed E-state index contributed by atoms with van der Waals surface area (Å²) in [4.78, 5) is 24.6. The summed E-state index contributed by atoms with van der Waals surface area (Å²) in [5, 5.41) is 12.5. The molecule has 8 nitrogen and oxygen atoms in total. The molecule has 22 heavy (non-hydrogen) atoms. The number of hydrogen-bond donors (Lipinski definition) is 1. The first-order valence-electron chi connectivity index (χ1n) is 6.77. The number of carbonyl (C=O) groups excluding carboxylic acids is 1. The van der Waals surface area contributed by atoms with Gasteiger partial charge in [-0.1, -0.05) is 5.16 Å². The monoisotopic (exact) mass is 306 g/mol. The minimum absolute atomic E-state index is 0.139. The zero-order valence-electron chi connectivity index (χ0n) is 11.6. The minimum Gasteiger partial charge on any atom is -0.481 e. The second kappa shape index (κ2) is 6.02. The molecule has 1 N–H and O–H groups in total. The van der Waals surface area contributed by atoms with Gasteiger partial charge in [0.05, 0.1) is 25.4 Å². The lowest BCUT2D eigenvalue weighted by molar-refractivity contribution is -0.141. The maximum Gasteiger partial charge on any atom is 0.306 e. The van der Waals surface area contributed by atoms with Gasteiger partial charge in [-0.2, -0.15) is 0 Å². The molecule has 0 saturated carbocycles. The van der Waals surface area contributed by atoms with Crippen LogP contribution in [0.4, 0.5) is 0 Å². The Kier molecular flexibility index (Phi) is 3.92. The van der Waals surface area contributed by atoms with Crippen LogP contribution in [0.2, 0.25) is 0 Å². The normalized spacial score (nSPS) is 18.4. The van der Waals surface area contributed by atoms with Gasteiger partial charge in [-0.05, 0) is 12.1 Å². The van der Waals surface area contributed by atoms with E-state index in [1.54, 1.807) is 12.1 Å². The number of aliphatic carboxylic acids is 1. The van der Waals surface area contributed by atoms with E-state index >= 15 is 0 Å². The number of nitrogens with zero attached hydrogens (tertiary/aromatic N) is 2. The van der Waals surface area contributed by atoms with Crippen LogP contribution in [0.25, 0.3) is 11.5 Å². The predicted molar refractivity (Wildman–Crippen MR) is 72.1 cm³/mol. The van der Waals surface area contributed by atoms with E-state index in [0.717, 1.165) is 0 Å². The highest BCUT2D eigenvalue weighted by Crippen LogP contribution is 2.21. The first kappa shape index (κ1) is 14.3. The third-order valence-electron chi connectivity index (χ3n) is 3.32. The third kappa shape index (κ3) is 3.01. The zero-order valence-corrected chi connectivity index (χ0v) is 11.6. The Balaban J connectivity index is 1.69. The molecule has 2 aromatic heterocycles. The second-order valence-electron chi connectivity index (χ2n) is 4.90. The van der Waals surface area contributed by atoms with E-state index in [4.69, 9.17) is 18.8 Å². The van der Waals surface area contributed by atoms with Gasteiger partial charge in [0.2, 0.25) is 5.76 Å². The number of morpholine rings is 1. The Bertz CT molecular complexity index is 663.